The third-order valence-corrected chi connectivity index (χ3v) is 5.30. The molecule has 0 radical (unpaired) electrons. The van der Waals surface area contributed by atoms with Gasteiger partial charge in [0.25, 0.3) is 0 Å². The van der Waals surface area contributed by atoms with Crippen molar-refractivity contribution < 1.29 is 4.74 Å². The van der Waals surface area contributed by atoms with Crippen LogP contribution in [0.5, 0.6) is 0 Å². The van der Waals surface area contributed by atoms with E-state index in [0.717, 1.165) is 58.4 Å². The second-order valence-corrected chi connectivity index (χ2v) is 8.11. The monoisotopic (exact) mass is 389 g/mol. The number of hydrogen-bond donors (Lipinski definition) is 2. The topological polar surface area (TPSA) is 52.1 Å². The predicted molar refractivity (Wildman–Crippen MR) is 118 cm³/mol. The normalized spacial score (nSPS) is 16.4. The average Bonchev–Trinajstić information content (AvgIpc) is 2.71. The lowest BCUT2D eigenvalue weighted by Gasteiger charge is -2.41. The minimum absolute atomic E-state index is 0.0601. The van der Waals surface area contributed by atoms with Gasteiger partial charge in [-0.25, -0.2) is 4.99 Å². The van der Waals surface area contributed by atoms with E-state index in [9.17, 15) is 0 Å². The molecule has 0 bridgehead atoms. The van der Waals surface area contributed by atoms with Crippen molar-refractivity contribution in [2.75, 3.05) is 53.0 Å². The predicted octanol–water partition coefficient (Wildman–Crippen LogP) is 2.30. The molecule has 2 N–H and O–H groups in total. The van der Waals surface area contributed by atoms with E-state index < -0.39 is 0 Å². The standard InChI is InChI=1S/C22H39N5O/c1-6-23-21(25-18-22(3,4)27-11-13-28-14-12-27)24-16-19-9-8-10-20(15-19)17-26(5)7-2/h8-10,15H,6-7,11-14,16-18H2,1-5H3,(H2,23,24,25). The van der Waals surface area contributed by atoms with Crippen molar-refractivity contribution in [2.24, 2.45) is 4.99 Å². The summed E-state index contributed by atoms with van der Waals surface area (Å²) in [4.78, 5) is 9.60. The van der Waals surface area contributed by atoms with Crippen LogP contribution >= 0.6 is 0 Å². The highest BCUT2D eigenvalue weighted by Crippen LogP contribution is 2.15. The molecule has 0 aromatic heterocycles. The molecule has 6 nitrogen and oxygen atoms in total. The Kier molecular flexibility index (Phi) is 9.22. The van der Waals surface area contributed by atoms with Gasteiger partial charge < -0.3 is 20.3 Å². The Balaban J connectivity index is 1.95. The zero-order valence-corrected chi connectivity index (χ0v) is 18.4. The molecule has 158 valence electrons. The molecule has 1 saturated heterocycles. The van der Waals surface area contributed by atoms with Crippen LogP contribution < -0.4 is 10.6 Å². The lowest BCUT2D eigenvalue weighted by Crippen LogP contribution is -2.56. The number of aliphatic imine (C=N–C) groups is 1. The SMILES string of the molecule is CCNC(=NCc1cccc(CN(C)CC)c1)NCC(C)(C)N1CCOCC1. The fourth-order valence-corrected chi connectivity index (χ4v) is 3.34. The van der Waals surface area contributed by atoms with Crippen LogP contribution in [0.4, 0.5) is 0 Å². The minimum Gasteiger partial charge on any atom is -0.379 e. The van der Waals surface area contributed by atoms with E-state index >= 15 is 0 Å². The molecular formula is C22H39N5O. The summed E-state index contributed by atoms with van der Waals surface area (Å²) in [7, 11) is 2.15. The van der Waals surface area contributed by atoms with Gasteiger partial charge in [-0.2, -0.15) is 0 Å². The molecular weight excluding hydrogens is 350 g/mol. The molecule has 0 saturated carbocycles. The highest BCUT2D eigenvalue weighted by molar-refractivity contribution is 5.79. The molecule has 0 spiro atoms. The number of ether oxygens (including phenoxy) is 1. The first-order valence-electron chi connectivity index (χ1n) is 10.6. The number of nitrogens with one attached hydrogen (secondary N) is 2. The Bertz CT molecular complexity index is 611. The Hall–Kier alpha value is -1.63. The molecule has 2 rings (SSSR count). The van der Waals surface area contributed by atoms with Crippen LogP contribution in [0, 0.1) is 0 Å². The summed E-state index contributed by atoms with van der Waals surface area (Å²) in [6.07, 6.45) is 0. The summed E-state index contributed by atoms with van der Waals surface area (Å²) in [5.41, 5.74) is 2.64. The van der Waals surface area contributed by atoms with Crippen LogP contribution in [0.25, 0.3) is 0 Å². The third kappa shape index (κ3) is 7.41. The summed E-state index contributed by atoms with van der Waals surface area (Å²) in [6.45, 7) is 16.9. The van der Waals surface area contributed by atoms with Crippen molar-refractivity contribution in [3.63, 3.8) is 0 Å². The van der Waals surface area contributed by atoms with Crippen LogP contribution in [0.3, 0.4) is 0 Å². The highest BCUT2D eigenvalue weighted by Gasteiger charge is 2.28. The van der Waals surface area contributed by atoms with E-state index in [2.05, 4.69) is 79.4 Å². The van der Waals surface area contributed by atoms with Crippen LogP contribution in [-0.4, -0.2) is 74.3 Å². The lowest BCUT2D eigenvalue weighted by atomic mass is 10.0. The molecule has 1 aliphatic rings. The molecule has 1 fully saturated rings. The summed E-state index contributed by atoms with van der Waals surface area (Å²) in [5.74, 6) is 0.875. The second kappa shape index (κ2) is 11.4. The first-order chi connectivity index (χ1) is 13.4. The van der Waals surface area contributed by atoms with E-state index in [1.165, 1.54) is 11.1 Å². The molecule has 0 amide bonds. The van der Waals surface area contributed by atoms with E-state index in [-0.39, 0.29) is 5.54 Å². The van der Waals surface area contributed by atoms with Gasteiger partial charge >= 0.3 is 0 Å². The Morgan fingerprint density at radius 2 is 1.89 bits per heavy atom. The van der Waals surface area contributed by atoms with Gasteiger partial charge in [0.1, 0.15) is 0 Å². The Morgan fingerprint density at radius 1 is 1.18 bits per heavy atom. The summed E-state index contributed by atoms with van der Waals surface area (Å²) in [6, 6.07) is 8.73. The van der Waals surface area contributed by atoms with Crippen molar-refractivity contribution in [3.8, 4) is 0 Å². The molecule has 1 aromatic rings. The van der Waals surface area contributed by atoms with Gasteiger partial charge in [0.15, 0.2) is 5.96 Å². The minimum atomic E-state index is 0.0601. The maximum absolute atomic E-state index is 5.49. The molecule has 1 heterocycles. The number of benzene rings is 1. The third-order valence-electron chi connectivity index (χ3n) is 5.30. The number of guanidine groups is 1. The molecule has 0 unspecified atom stereocenters. The van der Waals surface area contributed by atoms with Gasteiger partial charge in [0, 0.05) is 38.3 Å². The smallest absolute Gasteiger partial charge is 0.191 e. The van der Waals surface area contributed by atoms with E-state index in [4.69, 9.17) is 9.73 Å². The molecule has 1 aliphatic heterocycles. The maximum atomic E-state index is 5.49. The Morgan fingerprint density at radius 3 is 2.57 bits per heavy atom. The quantitative estimate of drug-likeness (QED) is 0.501. The van der Waals surface area contributed by atoms with Gasteiger partial charge in [-0.3, -0.25) is 4.90 Å². The maximum Gasteiger partial charge on any atom is 0.191 e. The fourth-order valence-electron chi connectivity index (χ4n) is 3.34. The van der Waals surface area contributed by atoms with Crippen molar-refractivity contribution in [1.82, 2.24) is 20.4 Å². The number of hydrogen-bond acceptors (Lipinski definition) is 4. The zero-order chi connectivity index (χ0) is 20.4. The van der Waals surface area contributed by atoms with Crippen LogP contribution in [0.2, 0.25) is 0 Å². The van der Waals surface area contributed by atoms with Gasteiger partial charge in [0.2, 0.25) is 0 Å². The van der Waals surface area contributed by atoms with E-state index in [1.807, 2.05) is 0 Å². The number of morpholine rings is 1. The summed E-state index contributed by atoms with van der Waals surface area (Å²) < 4.78 is 5.49. The molecule has 1 aromatic carbocycles. The van der Waals surface area contributed by atoms with Gasteiger partial charge in [-0.1, -0.05) is 31.2 Å². The van der Waals surface area contributed by atoms with Crippen LogP contribution in [-0.2, 0) is 17.8 Å². The summed E-state index contributed by atoms with van der Waals surface area (Å²) >= 11 is 0. The molecule has 0 aliphatic carbocycles. The largest absolute Gasteiger partial charge is 0.379 e. The molecule has 28 heavy (non-hydrogen) atoms. The van der Waals surface area contributed by atoms with E-state index in [0.29, 0.717) is 6.54 Å². The van der Waals surface area contributed by atoms with Crippen molar-refractivity contribution in [1.29, 1.82) is 0 Å². The van der Waals surface area contributed by atoms with Crippen molar-refractivity contribution in [2.45, 2.75) is 46.3 Å². The summed E-state index contributed by atoms with van der Waals surface area (Å²) in [5, 5.41) is 6.90. The highest BCUT2D eigenvalue weighted by atomic mass is 16.5. The fraction of sp³-hybridized carbons (Fsp3) is 0.682. The first kappa shape index (κ1) is 22.7. The van der Waals surface area contributed by atoms with Gasteiger partial charge in [-0.05, 0) is 45.5 Å². The molecule has 0 atom stereocenters. The average molecular weight is 390 g/mol. The number of nitrogens with zero attached hydrogens (tertiary/aromatic N) is 3. The first-order valence-corrected chi connectivity index (χ1v) is 10.6. The molecule has 6 heteroatoms. The van der Waals surface area contributed by atoms with E-state index in [1.54, 1.807) is 0 Å². The second-order valence-electron chi connectivity index (χ2n) is 8.11. The van der Waals surface area contributed by atoms with Crippen molar-refractivity contribution >= 4 is 5.96 Å². The lowest BCUT2D eigenvalue weighted by molar-refractivity contribution is -0.00834. The van der Waals surface area contributed by atoms with Gasteiger partial charge in [-0.15, -0.1) is 0 Å². The van der Waals surface area contributed by atoms with Crippen LogP contribution in [0.1, 0.15) is 38.8 Å². The van der Waals surface area contributed by atoms with Crippen molar-refractivity contribution in [3.05, 3.63) is 35.4 Å². The number of rotatable bonds is 9. The Labute approximate surface area is 171 Å². The van der Waals surface area contributed by atoms with Gasteiger partial charge in [0.05, 0.1) is 19.8 Å². The zero-order valence-electron chi connectivity index (χ0n) is 18.4. The van der Waals surface area contributed by atoms with Crippen LogP contribution in [0.15, 0.2) is 29.3 Å².